The van der Waals surface area contributed by atoms with E-state index in [4.69, 9.17) is 0 Å². The van der Waals surface area contributed by atoms with Gasteiger partial charge in [-0.2, -0.15) is 0 Å². The van der Waals surface area contributed by atoms with Gasteiger partial charge in [-0.15, -0.1) is 0 Å². The number of likely N-dealkylation sites (tertiary alicyclic amines) is 1. The van der Waals surface area contributed by atoms with Crippen molar-refractivity contribution in [3.8, 4) is 0 Å². The molecule has 1 aromatic carbocycles. The van der Waals surface area contributed by atoms with Crippen molar-refractivity contribution >= 4 is 23.4 Å². The molecule has 124 valence electrons. The normalized spacial score (nSPS) is 18.0. The highest BCUT2D eigenvalue weighted by Gasteiger charge is 2.36. The highest BCUT2D eigenvalue weighted by molar-refractivity contribution is 5.97. The van der Waals surface area contributed by atoms with Crippen LogP contribution in [0.4, 0.5) is 5.69 Å². The quantitative estimate of drug-likeness (QED) is 0.892. The minimum Gasteiger partial charge on any atom is -0.347 e. The summed E-state index contributed by atoms with van der Waals surface area (Å²) in [6.45, 7) is 7.86. The van der Waals surface area contributed by atoms with Gasteiger partial charge in [0.15, 0.2) is 0 Å². The van der Waals surface area contributed by atoms with E-state index in [0.29, 0.717) is 24.2 Å². The van der Waals surface area contributed by atoms with Gasteiger partial charge >= 0.3 is 0 Å². The molecule has 1 atom stereocenters. The SMILES string of the molecule is CC(=O)Nc1cccc(C(=O)NC2CC(=O)N(C(C)(C)C)C2)c1. The minimum atomic E-state index is -0.248. The third-order valence-electron chi connectivity index (χ3n) is 3.72. The first-order valence-electron chi connectivity index (χ1n) is 7.66. The van der Waals surface area contributed by atoms with Crippen LogP contribution in [0.2, 0.25) is 0 Å². The minimum absolute atomic E-state index is 0.0507. The molecule has 6 heteroatoms. The van der Waals surface area contributed by atoms with Crippen molar-refractivity contribution in [3.05, 3.63) is 29.8 Å². The largest absolute Gasteiger partial charge is 0.347 e. The standard InChI is InChI=1S/C17H23N3O3/c1-11(21)18-13-7-5-6-12(8-13)16(23)19-14-9-15(22)20(10-14)17(2,3)4/h5-8,14H,9-10H2,1-4H3,(H,18,21)(H,19,23). The smallest absolute Gasteiger partial charge is 0.251 e. The van der Waals surface area contributed by atoms with Crippen LogP contribution in [0, 0.1) is 0 Å². The third-order valence-corrected chi connectivity index (χ3v) is 3.72. The zero-order valence-electron chi connectivity index (χ0n) is 14.0. The summed E-state index contributed by atoms with van der Waals surface area (Å²) in [4.78, 5) is 37.3. The van der Waals surface area contributed by atoms with Crippen molar-refractivity contribution in [2.24, 2.45) is 0 Å². The summed E-state index contributed by atoms with van der Waals surface area (Å²) < 4.78 is 0. The van der Waals surface area contributed by atoms with Crippen LogP contribution in [0.25, 0.3) is 0 Å². The predicted molar refractivity (Wildman–Crippen MR) is 88.1 cm³/mol. The van der Waals surface area contributed by atoms with Gasteiger partial charge in [-0.1, -0.05) is 6.07 Å². The number of benzene rings is 1. The zero-order valence-corrected chi connectivity index (χ0v) is 14.0. The van der Waals surface area contributed by atoms with Crippen LogP contribution in [0.3, 0.4) is 0 Å². The Kier molecular flexibility index (Phi) is 4.73. The maximum absolute atomic E-state index is 12.3. The fourth-order valence-electron chi connectivity index (χ4n) is 2.66. The Balaban J connectivity index is 2.03. The molecule has 0 spiro atoms. The molecule has 1 saturated heterocycles. The van der Waals surface area contributed by atoms with Crippen LogP contribution in [-0.2, 0) is 9.59 Å². The Morgan fingerprint density at radius 2 is 1.96 bits per heavy atom. The van der Waals surface area contributed by atoms with Crippen molar-refractivity contribution in [3.63, 3.8) is 0 Å². The molecule has 1 fully saturated rings. The Morgan fingerprint density at radius 1 is 1.26 bits per heavy atom. The van der Waals surface area contributed by atoms with E-state index in [1.54, 1.807) is 29.2 Å². The number of hydrogen-bond acceptors (Lipinski definition) is 3. The van der Waals surface area contributed by atoms with Gasteiger partial charge in [0.1, 0.15) is 0 Å². The molecule has 1 heterocycles. The molecule has 1 aliphatic heterocycles. The molecule has 23 heavy (non-hydrogen) atoms. The lowest BCUT2D eigenvalue weighted by Crippen LogP contribution is -2.44. The second-order valence-electron chi connectivity index (χ2n) is 6.81. The van der Waals surface area contributed by atoms with E-state index >= 15 is 0 Å². The Morgan fingerprint density at radius 3 is 2.52 bits per heavy atom. The summed E-state index contributed by atoms with van der Waals surface area (Å²) in [6, 6.07) is 6.53. The highest BCUT2D eigenvalue weighted by Crippen LogP contribution is 2.22. The van der Waals surface area contributed by atoms with Crippen LogP contribution in [0.1, 0.15) is 44.5 Å². The monoisotopic (exact) mass is 317 g/mol. The van der Waals surface area contributed by atoms with Crippen LogP contribution >= 0.6 is 0 Å². The Hall–Kier alpha value is -2.37. The molecule has 0 aromatic heterocycles. The van der Waals surface area contributed by atoms with Crippen LogP contribution in [0.5, 0.6) is 0 Å². The molecule has 1 aliphatic rings. The Labute approximate surface area is 136 Å². The topological polar surface area (TPSA) is 78.5 Å². The van der Waals surface area contributed by atoms with Crippen LogP contribution in [-0.4, -0.2) is 40.7 Å². The average molecular weight is 317 g/mol. The van der Waals surface area contributed by atoms with Crippen molar-refractivity contribution in [2.45, 2.75) is 45.7 Å². The van der Waals surface area contributed by atoms with Gasteiger partial charge in [-0.3, -0.25) is 14.4 Å². The first-order chi connectivity index (χ1) is 10.7. The number of carbonyl (C=O) groups is 3. The predicted octanol–water partition coefficient (Wildman–Crippen LogP) is 1.77. The van der Waals surface area contributed by atoms with Crippen molar-refractivity contribution < 1.29 is 14.4 Å². The number of nitrogens with zero attached hydrogens (tertiary/aromatic N) is 1. The van der Waals surface area contributed by atoms with Gasteiger partial charge < -0.3 is 15.5 Å². The maximum atomic E-state index is 12.3. The maximum Gasteiger partial charge on any atom is 0.251 e. The zero-order chi connectivity index (χ0) is 17.2. The lowest BCUT2D eigenvalue weighted by atomic mass is 10.1. The van der Waals surface area contributed by atoms with Gasteiger partial charge in [0.2, 0.25) is 11.8 Å². The first kappa shape index (κ1) is 17.0. The van der Waals surface area contributed by atoms with Gasteiger partial charge in [0, 0.05) is 36.7 Å². The van der Waals surface area contributed by atoms with Crippen LogP contribution < -0.4 is 10.6 Å². The van der Waals surface area contributed by atoms with E-state index in [2.05, 4.69) is 10.6 Å². The number of rotatable bonds is 3. The molecular formula is C17H23N3O3. The lowest BCUT2D eigenvalue weighted by Gasteiger charge is -2.32. The number of nitrogens with one attached hydrogen (secondary N) is 2. The van der Waals surface area contributed by atoms with E-state index in [9.17, 15) is 14.4 Å². The highest BCUT2D eigenvalue weighted by atomic mass is 16.2. The van der Waals surface area contributed by atoms with E-state index in [-0.39, 0.29) is 29.3 Å². The second-order valence-corrected chi connectivity index (χ2v) is 6.81. The molecule has 0 radical (unpaired) electrons. The molecule has 1 aromatic rings. The summed E-state index contributed by atoms with van der Waals surface area (Å²) in [5.41, 5.74) is 0.781. The fraction of sp³-hybridized carbons (Fsp3) is 0.471. The van der Waals surface area contributed by atoms with Gasteiger partial charge in [-0.05, 0) is 39.0 Å². The first-order valence-corrected chi connectivity index (χ1v) is 7.66. The number of hydrogen-bond donors (Lipinski definition) is 2. The molecule has 0 aliphatic carbocycles. The van der Waals surface area contributed by atoms with E-state index < -0.39 is 0 Å². The molecule has 0 saturated carbocycles. The molecule has 6 nitrogen and oxygen atoms in total. The van der Waals surface area contributed by atoms with Crippen molar-refractivity contribution in [1.29, 1.82) is 0 Å². The third kappa shape index (κ3) is 4.31. The Bertz CT molecular complexity index is 634. The van der Waals surface area contributed by atoms with E-state index in [1.165, 1.54) is 6.92 Å². The summed E-state index contributed by atoms with van der Waals surface area (Å²) >= 11 is 0. The van der Waals surface area contributed by atoms with Crippen molar-refractivity contribution in [2.75, 3.05) is 11.9 Å². The van der Waals surface area contributed by atoms with Gasteiger partial charge in [0.05, 0.1) is 6.04 Å². The molecule has 2 N–H and O–H groups in total. The molecule has 0 bridgehead atoms. The summed E-state index contributed by atoms with van der Waals surface area (Å²) in [7, 11) is 0. The second kappa shape index (κ2) is 6.40. The summed E-state index contributed by atoms with van der Waals surface area (Å²) in [5, 5.41) is 5.54. The van der Waals surface area contributed by atoms with E-state index in [0.717, 1.165) is 0 Å². The number of carbonyl (C=O) groups excluding carboxylic acids is 3. The molecule has 1 unspecified atom stereocenters. The summed E-state index contributed by atoms with van der Waals surface area (Å²) in [5.74, 6) is -0.384. The van der Waals surface area contributed by atoms with E-state index in [1.807, 2.05) is 20.8 Å². The van der Waals surface area contributed by atoms with Gasteiger partial charge in [-0.25, -0.2) is 0 Å². The van der Waals surface area contributed by atoms with Crippen molar-refractivity contribution in [1.82, 2.24) is 10.2 Å². The number of amides is 3. The average Bonchev–Trinajstić information content (AvgIpc) is 2.79. The number of anilines is 1. The van der Waals surface area contributed by atoms with Gasteiger partial charge in [0.25, 0.3) is 5.91 Å². The molecular weight excluding hydrogens is 294 g/mol. The molecule has 3 amide bonds. The van der Waals surface area contributed by atoms with Crippen LogP contribution in [0.15, 0.2) is 24.3 Å². The molecule has 2 rings (SSSR count). The lowest BCUT2D eigenvalue weighted by molar-refractivity contribution is -0.131. The summed E-state index contributed by atoms with van der Waals surface area (Å²) in [6.07, 6.45) is 0.314. The fourth-order valence-corrected chi connectivity index (χ4v) is 2.66.